The van der Waals surface area contributed by atoms with Crippen LogP contribution in [0.15, 0.2) is 49.3 Å². The molecule has 0 aromatic carbocycles. The van der Waals surface area contributed by atoms with Gasteiger partial charge in [0.1, 0.15) is 51.9 Å². The van der Waals surface area contributed by atoms with Gasteiger partial charge in [0.2, 0.25) is 11.8 Å². The lowest BCUT2D eigenvalue weighted by Crippen LogP contribution is -2.44. The SMILES string of the molecule is C.CC(C)(C)OC(=O)N(C(=O)OC(C)(C)C)c1ncnc2[nH]nc(Oc3cc(C(F)(F)F)ccn3)c12.CC(C)(C)OC(=O)N(C(=O)OC(C)(C)C)c1ncnc2c1c(Oc1cc(C(F)(F)F)ccn1)nn2C1CCCCC1=O.O=C1CCCCC1Cl. The zero-order chi connectivity index (χ0) is 63.2. The van der Waals surface area contributed by atoms with Gasteiger partial charge in [-0.2, -0.15) is 36.1 Å². The molecule has 8 rings (SSSR count). The highest BCUT2D eigenvalue weighted by Crippen LogP contribution is 2.41. The van der Waals surface area contributed by atoms with Crippen LogP contribution in [0, 0.1) is 0 Å². The summed E-state index contributed by atoms with van der Waals surface area (Å²) in [6, 6.07) is 2.11. The van der Waals surface area contributed by atoms with Crippen LogP contribution in [0.3, 0.4) is 0 Å². The molecule has 2 aliphatic rings. The smallest absolute Gasteiger partial charge is 0.425 e. The Hall–Kier alpha value is -8.31. The van der Waals surface area contributed by atoms with Gasteiger partial charge in [0.15, 0.2) is 34.5 Å². The lowest BCUT2D eigenvalue weighted by atomic mass is 9.94. The van der Waals surface area contributed by atoms with E-state index in [4.69, 9.17) is 40.0 Å². The number of carbonyl (C=O) groups is 6. The summed E-state index contributed by atoms with van der Waals surface area (Å²) in [4.78, 5) is 101. The molecule has 2 fully saturated rings. The number of pyridine rings is 2. The van der Waals surface area contributed by atoms with Crippen molar-refractivity contribution in [3.63, 3.8) is 0 Å². The first-order valence-corrected chi connectivity index (χ1v) is 26.8. The maximum Gasteiger partial charge on any atom is 0.425 e. The molecule has 2 atom stereocenters. The van der Waals surface area contributed by atoms with E-state index in [-0.39, 0.29) is 76.3 Å². The number of ether oxygens (including phenoxy) is 6. The Bertz CT molecular complexity index is 3370. The number of aromatic nitrogens is 10. The standard InChI is InChI=1S/C27H31F3N6O6.C21H23F3N6O5.C6H9ClO.CH4/c1-25(2,3)41-23(38)35(24(39)42-26(4,5)6)20-19-21(33-14-32-20)36(16-9-7-8-10-17(16)37)34-22(19)40-18-13-15(11-12-31-18)27(28,29)30;1-19(2,3)34-17(31)30(18(32)35-20(4,5)6)15-13-14(26-10-27-15)28-29-16(13)33-12-9-11(7-8-25-12)21(22,23)24;7-5-3-1-2-4-6(5)8;/h11-14,16H,7-10H2,1-6H3;7-10H,1-6H3,(H,26,27,28,29);5H,1-4H2;1H4. The first kappa shape index (κ1) is 68.5. The number of hydrogen-bond donors (Lipinski definition) is 1. The quantitative estimate of drug-likeness (QED) is 0.0882. The number of imide groups is 2. The van der Waals surface area contributed by atoms with E-state index in [1.165, 1.54) is 4.68 Å². The molecule has 31 heteroatoms. The molecule has 2 unspecified atom stereocenters. The fourth-order valence-electron chi connectivity index (χ4n) is 7.82. The van der Waals surface area contributed by atoms with Crippen molar-refractivity contribution in [2.24, 2.45) is 0 Å². The van der Waals surface area contributed by atoms with Gasteiger partial charge in [-0.25, -0.2) is 53.8 Å². The molecule has 24 nitrogen and oxygen atoms in total. The molecule has 0 spiro atoms. The van der Waals surface area contributed by atoms with E-state index in [1.54, 1.807) is 83.1 Å². The van der Waals surface area contributed by atoms with Crippen LogP contribution >= 0.6 is 11.6 Å². The number of carbonyl (C=O) groups excluding carboxylic acids is 6. The summed E-state index contributed by atoms with van der Waals surface area (Å²) in [7, 11) is 0. The van der Waals surface area contributed by atoms with E-state index >= 15 is 0 Å². The van der Waals surface area contributed by atoms with Gasteiger partial charge < -0.3 is 28.4 Å². The number of rotatable bonds is 7. The maximum absolute atomic E-state index is 13.4. The topological polar surface area (TPSA) is 288 Å². The number of alkyl halides is 7. The van der Waals surface area contributed by atoms with Gasteiger partial charge in [-0.15, -0.1) is 21.8 Å². The Kier molecular flexibility index (Phi) is 21.5. The Morgan fingerprint density at radius 1 is 0.570 bits per heavy atom. The van der Waals surface area contributed by atoms with Crippen LogP contribution in [0.4, 0.5) is 57.2 Å². The van der Waals surface area contributed by atoms with Crippen LogP contribution in [0.2, 0.25) is 0 Å². The van der Waals surface area contributed by atoms with Crippen LogP contribution in [0.25, 0.3) is 22.1 Å². The number of fused-ring (bicyclic) bond motifs is 2. The van der Waals surface area contributed by atoms with Gasteiger partial charge in [0.25, 0.3) is 11.8 Å². The molecule has 6 aromatic heterocycles. The summed E-state index contributed by atoms with van der Waals surface area (Å²) in [6.07, 6.45) is -4.06. The van der Waals surface area contributed by atoms with Crippen molar-refractivity contribution in [1.82, 2.24) is 49.9 Å². The number of nitrogens with zero attached hydrogens (tertiary/aromatic N) is 11. The van der Waals surface area contributed by atoms with Crippen molar-refractivity contribution in [3.8, 4) is 23.5 Å². The number of nitrogens with one attached hydrogen (secondary N) is 1. The molecule has 0 radical (unpaired) electrons. The molecule has 0 aliphatic heterocycles. The number of halogens is 7. The van der Waals surface area contributed by atoms with E-state index in [2.05, 4.69) is 45.2 Å². The van der Waals surface area contributed by atoms with E-state index in [0.29, 0.717) is 47.6 Å². The third-order valence-corrected chi connectivity index (χ3v) is 11.8. The number of aromatic amines is 1. The molecule has 0 bridgehead atoms. The Morgan fingerprint density at radius 3 is 1.40 bits per heavy atom. The van der Waals surface area contributed by atoms with Gasteiger partial charge in [0, 0.05) is 37.4 Å². The minimum absolute atomic E-state index is 0. The summed E-state index contributed by atoms with van der Waals surface area (Å²) in [5.74, 6) is -2.24. The van der Waals surface area contributed by atoms with Gasteiger partial charge in [-0.3, -0.25) is 14.7 Å². The highest BCUT2D eigenvalue weighted by Gasteiger charge is 2.40. The van der Waals surface area contributed by atoms with Crippen LogP contribution in [0.5, 0.6) is 23.5 Å². The lowest BCUT2D eigenvalue weighted by molar-refractivity contribution is -0.138. The predicted molar refractivity (Wildman–Crippen MR) is 298 cm³/mol. The average Bonchev–Trinajstić information content (AvgIpc) is 1.61. The Balaban J connectivity index is 0.000000278. The Labute approximate surface area is 495 Å². The fraction of sp³-hybridized carbons (Fsp3) is 0.527. The van der Waals surface area contributed by atoms with Crippen LogP contribution < -0.4 is 19.3 Å². The zero-order valence-electron chi connectivity index (χ0n) is 48.4. The number of Topliss-reactive ketones (excluding diaryl/α,β-unsaturated/α-hetero) is 2. The van der Waals surface area contributed by atoms with E-state index in [9.17, 15) is 55.1 Å². The van der Waals surface area contributed by atoms with Crippen LogP contribution in [0.1, 0.15) is 159 Å². The molecule has 6 heterocycles. The van der Waals surface area contributed by atoms with Crippen LogP contribution in [-0.2, 0) is 40.9 Å². The predicted octanol–water partition coefficient (Wildman–Crippen LogP) is 14.0. The molecule has 86 heavy (non-hydrogen) atoms. The summed E-state index contributed by atoms with van der Waals surface area (Å²) in [5, 5.41) is 10.4. The van der Waals surface area contributed by atoms with E-state index in [0.717, 1.165) is 56.4 Å². The number of anilines is 2. The van der Waals surface area contributed by atoms with E-state index < -0.39 is 88.1 Å². The fourth-order valence-corrected chi connectivity index (χ4v) is 8.08. The minimum atomic E-state index is -4.69. The van der Waals surface area contributed by atoms with Gasteiger partial charge in [0.05, 0.1) is 16.5 Å². The van der Waals surface area contributed by atoms with Gasteiger partial charge in [-0.05, 0) is 121 Å². The monoisotopic (exact) mass is 1240 g/mol. The van der Waals surface area contributed by atoms with Crippen molar-refractivity contribution in [2.75, 3.05) is 9.80 Å². The highest BCUT2D eigenvalue weighted by molar-refractivity contribution is 6.31. The summed E-state index contributed by atoms with van der Waals surface area (Å²) in [5.41, 5.74) is -6.05. The molecular weight excluding hydrogens is 1170 g/mol. The lowest BCUT2D eigenvalue weighted by Gasteiger charge is -2.28. The number of H-pyrrole nitrogens is 1. The first-order chi connectivity index (χ1) is 39.3. The van der Waals surface area contributed by atoms with Gasteiger partial charge >= 0.3 is 36.7 Å². The number of ketones is 2. The largest absolute Gasteiger partial charge is 0.443 e. The maximum atomic E-state index is 13.4. The number of hydrogen-bond acceptors (Lipinski definition) is 20. The zero-order valence-corrected chi connectivity index (χ0v) is 49.2. The average molecular weight is 1240 g/mol. The molecule has 468 valence electrons. The Morgan fingerprint density at radius 2 is 0.988 bits per heavy atom. The molecular formula is C55H67ClF6N12O12. The molecule has 1 N–H and O–H groups in total. The minimum Gasteiger partial charge on any atom is -0.443 e. The second kappa shape index (κ2) is 26.9. The van der Waals surface area contributed by atoms with Crippen molar-refractivity contribution >= 4 is 81.2 Å². The first-order valence-electron chi connectivity index (χ1n) is 26.4. The molecule has 0 saturated heterocycles. The van der Waals surface area contributed by atoms with Crippen molar-refractivity contribution in [2.45, 2.75) is 188 Å². The third kappa shape index (κ3) is 18.6. The summed E-state index contributed by atoms with van der Waals surface area (Å²) < 4.78 is 113. The van der Waals surface area contributed by atoms with Crippen molar-refractivity contribution < 1.29 is 83.5 Å². The molecule has 2 saturated carbocycles. The highest BCUT2D eigenvalue weighted by atomic mass is 35.5. The molecule has 6 aromatic rings. The molecule has 2 aliphatic carbocycles. The third-order valence-electron chi connectivity index (χ3n) is 11.3. The summed E-state index contributed by atoms with van der Waals surface area (Å²) in [6.45, 7) is 19.1. The second-order valence-electron chi connectivity index (χ2n) is 23.1. The van der Waals surface area contributed by atoms with E-state index in [1.807, 2.05) is 0 Å². The van der Waals surface area contributed by atoms with Gasteiger partial charge in [-0.1, -0.05) is 20.3 Å². The second-order valence-corrected chi connectivity index (χ2v) is 23.6. The molecule has 4 amide bonds. The van der Waals surface area contributed by atoms with Crippen LogP contribution in [-0.4, -0.2) is 114 Å². The van der Waals surface area contributed by atoms with Crippen molar-refractivity contribution in [3.05, 3.63) is 60.4 Å². The van der Waals surface area contributed by atoms with Crippen molar-refractivity contribution in [1.29, 1.82) is 0 Å². The normalized spacial score (nSPS) is 15.8. The summed E-state index contributed by atoms with van der Waals surface area (Å²) >= 11 is 5.62. The number of amides is 4.